The molecule has 92 valence electrons. The Labute approximate surface area is 107 Å². The zero-order valence-corrected chi connectivity index (χ0v) is 10.5. The molecular formula is C14H11FO2S. The van der Waals surface area contributed by atoms with Crippen LogP contribution in [0.15, 0.2) is 39.4 Å². The second-order valence-corrected chi connectivity index (χ2v) is 4.97. The third kappa shape index (κ3) is 1.74. The lowest BCUT2D eigenvalue weighted by Gasteiger charge is -2.06. The molecule has 2 heterocycles. The number of hydrogen-bond acceptors (Lipinski definition) is 3. The summed E-state index contributed by atoms with van der Waals surface area (Å²) in [6.07, 6.45) is -0.799. The molecule has 0 radical (unpaired) electrons. The van der Waals surface area contributed by atoms with E-state index in [1.165, 1.54) is 23.5 Å². The van der Waals surface area contributed by atoms with Gasteiger partial charge in [-0.25, -0.2) is 4.39 Å². The van der Waals surface area contributed by atoms with Gasteiger partial charge in [-0.05, 0) is 47.5 Å². The van der Waals surface area contributed by atoms with Crippen LogP contribution in [0.3, 0.4) is 0 Å². The van der Waals surface area contributed by atoms with Gasteiger partial charge in [0.25, 0.3) is 0 Å². The highest BCUT2D eigenvalue weighted by Gasteiger charge is 2.20. The first-order chi connectivity index (χ1) is 8.66. The van der Waals surface area contributed by atoms with E-state index in [2.05, 4.69) is 0 Å². The first-order valence-corrected chi connectivity index (χ1v) is 6.50. The van der Waals surface area contributed by atoms with Crippen LogP contribution >= 0.6 is 11.3 Å². The molecule has 0 spiro atoms. The largest absolute Gasteiger partial charge is 0.458 e. The molecule has 3 rings (SSSR count). The fraction of sp³-hybridized carbons (Fsp3) is 0.143. The minimum Gasteiger partial charge on any atom is -0.458 e. The third-order valence-electron chi connectivity index (χ3n) is 3.04. The maximum atomic E-state index is 13.2. The lowest BCUT2D eigenvalue weighted by molar-refractivity contribution is 0.191. The average Bonchev–Trinajstić information content (AvgIpc) is 2.98. The van der Waals surface area contributed by atoms with Gasteiger partial charge in [0.2, 0.25) is 0 Å². The Morgan fingerprint density at radius 3 is 2.89 bits per heavy atom. The van der Waals surface area contributed by atoms with Crippen molar-refractivity contribution in [2.24, 2.45) is 0 Å². The van der Waals surface area contributed by atoms with Gasteiger partial charge in [-0.2, -0.15) is 11.3 Å². The van der Waals surface area contributed by atoms with Gasteiger partial charge in [-0.15, -0.1) is 0 Å². The molecule has 3 aromatic rings. The second-order valence-electron chi connectivity index (χ2n) is 4.19. The van der Waals surface area contributed by atoms with E-state index < -0.39 is 6.10 Å². The summed E-state index contributed by atoms with van der Waals surface area (Å²) in [7, 11) is 0. The van der Waals surface area contributed by atoms with Gasteiger partial charge in [-0.3, -0.25) is 0 Å². The Morgan fingerprint density at radius 1 is 1.33 bits per heavy atom. The van der Waals surface area contributed by atoms with E-state index in [4.69, 9.17) is 4.42 Å². The summed E-state index contributed by atoms with van der Waals surface area (Å²) >= 11 is 1.52. The Morgan fingerprint density at radius 2 is 2.17 bits per heavy atom. The van der Waals surface area contributed by atoms with Gasteiger partial charge in [0.1, 0.15) is 23.3 Å². The molecule has 1 aromatic carbocycles. The number of rotatable bonds is 2. The number of benzene rings is 1. The molecule has 1 atom stereocenters. The second kappa shape index (κ2) is 4.23. The van der Waals surface area contributed by atoms with Crippen LogP contribution in [0.4, 0.5) is 4.39 Å². The average molecular weight is 262 g/mol. The summed E-state index contributed by atoms with van der Waals surface area (Å²) in [5, 5.41) is 14.7. The number of thiophene rings is 1. The fourth-order valence-electron chi connectivity index (χ4n) is 2.05. The van der Waals surface area contributed by atoms with Crippen molar-refractivity contribution in [3.8, 4) is 0 Å². The minimum absolute atomic E-state index is 0.303. The maximum absolute atomic E-state index is 13.2. The Kier molecular flexibility index (Phi) is 2.69. The number of fused-ring (bicyclic) bond motifs is 1. The Balaban J connectivity index is 2.15. The van der Waals surface area contributed by atoms with E-state index >= 15 is 0 Å². The minimum atomic E-state index is -0.799. The lowest BCUT2D eigenvalue weighted by Crippen LogP contribution is -1.97. The molecule has 2 aromatic heterocycles. The number of hydrogen-bond donors (Lipinski definition) is 1. The molecule has 4 heteroatoms. The summed E-state index contributed by atoms with van der Waals surface area (Å²) in [4.78, 5) is 0. The summed E-state index contributed by atoms with van der Waals surface area (Å²) in [5.74, 6) is 0.178. The van der Waals surface area contributed by atoms with Crippen molar-refractivity contribution in [3.05, 3.63) is 57.7 Å². The molecule has 0 saturated carbocycles. The molecular weight excluding hydrogens is 251 g/mol. The van der Waals surface area contributed by atoms with Crippen LogP contribution in [0.1, 0.15) is 23.0 Å². The lowest BCUT2D eigenvalue weighted by atomic mass is 10.1. The standard InChI is InChI=1S/C14H11FO2S/c1-8-11-6-10(15)2-3-12(11)17-14(8)13(16)9-4-5-18-7-9/h2-7,13,16H,1H3. The molecule has 0 fully saturated rings. The highest BCUT2D eigenvalue weighted by Crippen LogP contribution is 2.33. The van der Waals surface area contributed by atoms with Crippen LogP contribution in [-0.2, 0) is 0 Å². The Bertz CT molecular complexity index is 685. The van der Waals surface area contributed by atoms with Crippen LogP contribution < -0.4 is 0 Å². The van der Waals surface area contributed by atoms with Crippen LogP contribution in [0.5, 0.6) is 0 Å². The van der Waals surface area contributed by atoms with Crippen molar-refractivity contribution >= 4 is 22.3 Å². The van der Waals surface area contributed by atoms with E-state index in [-0.39, 0.29) is 5.82 Å². The first kappa shape index (κ1) is 11.4. The highest BCUT2D eigenvalue weighted by molar-refractivity contribution is 7.07. The smallest absolute Gasteiger partial charge is 0.141 e. The monoisotopic (exact) mass is 262 g/mol. The molecule has 18 heavy (non-hydrogen) atoms. The van der Waals surface area contributed by atoms with Gasteiger partial charge in [0.05, 0.1) is 0 Å². The molecule has 1 unspecified atom stereocenters. The predicted molar refractivity (Wildman–Crippen MR) is 69.3 cm³/mol. The van der Waals surface area contributed by atoms with Gasteiger partial charge in [0, 0.05) is 10.9 Å². The molecule has 0 bridgehead atoms. The molecule has 0 saturated heterocycles. The van der Waals surface area contributed by atoms with E-state index in [0.29, 0.717) is 16.7 Å². The number of halogens is 1. The van der Waals surface area contributed by atoms with Crippen LogP contribution in [0.2, 0.25) is 0 Å². The van der Waals surface area contributed by atoms with E-state index in [9.17, 15) is 9.50 Å². The van der Waals surface area contributed by atoms with Gasteiger partial charge < -0.3 is 9.52 Å². The van der Waals surface area contributed by atoms with Crippen molar-refractivity contribution in [2.75, 3.05) is 0 Å². The molecule has 0 aliphatic heterocycles. The van der Waals surface area contributed by atoms with Gasteiger partial charge in [-0.1, -0.05) is 0 Å². The van der Waals surface area contributed by atoms with Crippen molar-refractivity contribution in [3.63, 3.8) is 0 Å². The molecule has 1 N–H and O–H groups in total. The third-order valence-corrected chi connectivity index (χ3v) is 3.74. The summed E-state index contributed by atoms with van der Waals surface area (Å²) < 4.78 is 18.8. The fourth-order valence-corrected chi connectivity index (χ4v) is 2.73. The van der Waals surface area contributed by atoms with Crippen molar-refractivity contribution in [1.82, 2.24) is 0 Å². The zero-order valence-electron chi connectivity index (χ0n) is 9.68. The quantitative estimate of drug-likeness (QED) is 0.756. The molecule has 0 amide bonds. The SMILES string of the molecule is Cc1c(C(O)c2ccsc2)oc2ccc(F)cc12. The number of aliphatic hydroxyl groups excluding tert-OH is 1. The van der Waals surface area contributed by atoms with E-state index in [1.54, 1.807) is 6.07 Å². The van der Waals surface area contributed by atoms with Gasteiger partial charge >= 0.3 is 0 Å². The van der Waals surface area contributed by atoms with Gasteiger partial charge in [0.15, 0.2) is 0 Å². The van der Waals surface area contributed by atoms with E-state index in [1.807, 2.05) is 23.8 Å². The molecule has 2 nitrogen and oxygen atoms in total. The normalized spacial score (nSPS) is 13.1. The topological polar surface area (TPSA) is 33.4 Å². The predicted octanol–water partition coefficient (Wildman–Crippen LogP) is 4.02. The van der Waals surface area contributed by atoms with Crippen LogP contribution in [-0.4, -0.2) is 5.11 Å². The number of aliphatic hydroxyl groups is 1. The number of furan rings is 1. The van der Waals surface area contributed by atoms with Crippen LogP contribution in [0, 0.1) is 12.7 Å². The number of aryl methyl sites for hydroxylation is 1. The molecule has 0 aliphatic carbocycles. The Hall–Kier alpha value is -1.65. The summed E-state index contributed by atoms with van der Waals surface area (Å²) in [6, 6.07) is 6.22. The highest BCUT2D eigenvalue weighted by atomic mass is 32.1. The van der Waals surface area contributed by atoms with Crippen molar-refractivity contribution in [2.45, 2.75) is 13.0 Å². The van der Waals surface area contributed by atoms with Crippen LogP contribution in [0.25, 0.3) is 11.0 Å². The van der Waals surface area contributed by atoms with Crippen molar-refractivity contribution in [1.29, 1.82) is 0 Å². The maximum Gasteiger partial charge on any atom is 0.141 e. The summed E-state index contributed by atoms with van der Waals surface area (Å²) in [5.41, 5.74) is 2.17. The zero-order chi connectivity index (χ0) is 12.7. The van der Waals surface area contributed by atoms with E-state index in [0.717, 1.165) is 11.1 Å². The summed E-state index contributed by atoms with van der Waals surface area (Å²) in [6.45, 7) is 1.83. The molecule has 0 aliphatic rings. The van der Waals surface area contributed by atoms with Crippen molar-refractivity contribution < 1.29 is 13.9 Å². The first-order valence-electron chi connectivity index (χ1n) is 5.55.